The molecule has 2 aromatic heterocycles. The third-order valence-corrected chi connectivity index (χ3v) is 23.3. The molecule has 0 amide bonds. The molecule has 1 unspecified atom stereocenters. The first-order valence-corrected chi connectivity index (χ1v) is 29.1. The molecule has 1 aliphatic heterocycles. The number of benzene rings is 3. The Labute approximate surface area is 397 Å². The number of hydrogen-bond donors (Lipinski definition) is 1. The molecule has 3 aromatic carbocycles. The van der Waals surface area contributed by atoms with E-state index in [0.717, 1.165) is 0 Å². The van der Waals surface area contributed by atoms with Crippen molar-refractivity contribution in [3.05, 3.63) is 42.0 Å². The molecule has 2 aliphatic rings. The number of aromatic nitrogens is 4. The van der Waals surface area contributed by atoms with Gasteiger partial charge in [-0.2, -0.15) is 0 Å². The molecular weight excluding hydrogens is 887 g/mol. The van der Waals surface area contributed by atoms with Crippen molar-refractivity contribution in [3.63, 3.8) is 0 Å². The van der Waals surface area contributed by atoms with Gasteiger partial charge < -0.3 is 42.6 Å². The molecule has 3 heterocycles. The largest absolute Gasteiger partial charge is 0.496 e. The topological polar surface area (TPSA) is 164 Å². The van der Waals surface area contributed by atoms with E-state index >= 15 is 0 Å². The summed E-state index contributed by atoms with van der Waals surface area (Å²) >= 11 is 0. The Morgan fingerprint density at radius 3 is 2.10 bits per heavy atom. The fourth-order valence-corrected chi connectivity index (χ4v) is 10.9. The first-order valence-electron chi connectivity index (χ1n) is 23.3. The molecular formula is C50H71N5O10Si2. The predicted octanol–water partition coefficient (Wildman–Crippen LogP) is 11.2. The molecule has 1 saturated heterocycles. The maximum atomic E-state index is 14.0. The minimum Gasteiger partial charge on any atom is -0.496 e. The van der Waals surface area contributed by atoms with E-state index in [-0.39, 0.29) is 28.0 Å². The van der Waals surface area contributed by atoms with Crippen molar-refractivity contribution >= 4 is 67.1 Å². The Hall–Kier alpha value is -4.82. The molecule has 1 aliphatic carbocycles. The highest BCUT2D eigenvalue weighted by molar-refractivity contribution is 6.74. The van der Waals surface area contributed by atoms with Crippen molar-refractivity contribution in [3.8, 4) is 28.7 Å². The SMILES string of the molecule is COc1cccc2c(OC)c3c(OC(=O)C(C)(C)C)c4c(c(OC(C)=O)c3c(OC)c12)C(Nc1ncnc2c1ncn2[C@H]1C[C@H](O[Si](C)(C)C(C)(C)C)[C@@H](CO[Si](C)(C)C(C)(C)C)O1)CCC4. The molecule has 1 fully saturated rings. The molecule has 17 heteroatoms. The molecule has 0 saturated carbocycles. The maximum absolute atomic E-state index is 14.0. The number of methoxy groups -OCH3 is 3. The number of anilines is 1. The zero-order valence-corrected chi connectivity index (χ0v) is 44.6. The number of fused-ring (bicyclic) bond motifs is 4. The van der Waals surface area contributed by atoms with Crippen LogP contribution < -0.4 is 29.0 Å². The smallest absolute Gasteiger partial charge is 0.316 e. The molecule has 0 bridgehead atoms. The number of ether oxygens (including phenoxy) is 6. The summed E-state index contributed by atoms with van der Waals surface area (Å²) in [6.07, 6.45) is 4.74. The van der Waals surface area contributed by atoms with Gasteiger partial charge >= 0.3 is 11.9 Å². The Morgan fingerprint density at radius 1 is 0.821 bits per heavy atom. The number of rotatable bonds is 13. The summed E-state index contributed by atoms with van der Waals surface area (Å²) < 4.78 is 53.8. The minimum absolute atomic E-state index is 0.00235. The Morgan fingerprint density at radius 2 is 1.49 bits per heavy atom. The summed E-state index contributed by atoms with van der Waals surface area (Å²) in [6, 6.07) is 5.06. The number of hydrogen-bond acceptors (Lipinski definition) is 14. The van der Waals surface area contributed by atoms with Gasteiger partial charge in [-0.3, -0.25) is 14.2 Å². The van der Waals surface area contributed by atoms with E-state index in [1.54, 1.807) is 48.4 Å². The summed E-state index contributed by atoms with van der Waals surface area (Å²) in [5.74, 6) is 1.34. The number of carbonyl (C=O) groups is 2. The van der Waals surface area contributed by atoms with Gasteiger partial charge in [0.15, 0.2) is 33.6 Å². The first kappa shape index (κ1) is 50.1. The highest BCUT2D eigenvalue weighted by Crippen LogP contribution is 2.58. The first-order chi connectivity index (χ1) is 31.2. The summed E-state index contributed by atoms with van der Waals surface area (Å²) in [6.45, 7) is 29.7. The third kappa shape index (κ3) is 9.38. The molecule has 67 heavy (non-hydrogen) atoms. The standard InChI is InChI=1S/C50H71N5O10Si2/c1-28(56)62-44-36-29(42(64-47(57)48(2,3)4)38-39(44)43(60-13)37-30(41(38)59-12)21-19-23-32(37)58-11)20-18-22-31(36)54-45-40-46(52-26-51-45)55(27-53-40)35-24-33(65-67(16,17)50(8,9)10)34(63-35)25-61-66(14,15)49(5,6)7/h19,21,23,26-27,31,33-35H,18,20,22,24-25H2,1-17H3,(H,51,52,54)/t31?,33-,34+,35+/m0/s1. The fourth-order valence-electron chi connectivity index (χ4n) is 8.54. The Bertz CT molecular complexity index is 2700. The molecule has 0 radical (unpaired) electrons. The molecule has 15 nitrogen and oxygen atoms in total. The van der Waals surface area contributed by atoms with Crippen LogP contribution in [-0.2, 0) is 29.6 Å². The second kappa shape index (κ2) is 18.3. The van der Waals surface area contributed by atoms with Crippen molar-refractivity contribution in [2.24, 2.45) is 5.41 Å². The van der Waals surface area contributed by atoms with Gasteiger partial charge in [-0.1, -0.05) is 53.7 Å². The minimum atomic E-state index is -2.20. The molecule has 4 atom stereocenters. The van der Waals surface area contributed by atoms with Crippen LogP contribution in [0.4, 0.5) is 5.82 Å². The number of nitrogens with one attached hydrogen (secondary N) is 1. The van der Waals surface area contributed by atoms with Gasteiger partial charge in [0.05, 0.1) is 68.0 Å². The average molecular weight is 958 g/mol. The van der Waals surface area contributed by atoms with Crippen LogP contribution in [0.2, 0.25) is 36.3 Å². The van der Waals surface area contributed by atoms with E-state index in [4.69, 9.17) is 52.2 Å². The predicted molar refractivity (Wildman–Crippen MR) is 266 cm³/mol. The lowest BCUT2D eigenvalue weighted by molar-refractivity contribution is -0.143. The van der Waals surface area contributed by atoms with Crippen molar-refractivity contribution in [1.82, 2.24) is 19.5 Å². The van der Waals surface area contributed by atoms with Gasteiger partial charge in [-0.15, -0.1) is 0 Å². The molecule has 364 valence electrons. The summed E-state index contributed by atoms with van der Waals surface area (Å²) in [4.78, 5) is 41.7. The van der Waals surface area contributed by atoms with E-state index < -0.39 is 46.3 Å². The van der Waals surface area contributed by atoms with Crippen LogP contribution in [0.25, 0.3) is 32.7 Å². The summed E-state index contributed by atoms with van der Waals surface area (Å²) in [7, 11) is 0.381. The van der Waals surface area contributed by atoms with Crippen LogP contribution in [0.5, 0.6) is 28.7 Å². The van der Waals surface area contributed by atoms with Crippen LogP contribution in [0.3, 0.4) is 0 Å². The molecule has 0 spiro atoms. The molecule has 7 rings (SSSR count). The van der Waals surface area contributed by atoms with E-state index in [1.807, 2.05) is 22.8 Å². The zero-order chi connectivity index (χ0) is 49.2. The zero-order valence-electron chi connectivity index (χ0n) is 42.6. The van der Waals surface area contributed by atoms with Gasteiger partial charge in [-0.25, -0.2) is 15.0 Å². The monoisotopic (exact) mass is 957 g/mol. The lowest BCUT2D eigenvalue weighted by atomic mass is 9.82. The quantitative estimate of drug-likeness (QED) is 0.0513. The average Bonchev–Trinajstić information content (AvgIpc) is 3.85. The van der Waals surface area contributed by atoms with Crippen molar-refractivity contribution in [2.45, 2.75) is 156 Å². The van der Waals surface area contributed by atoms with E-state index in [1.165, 1.54) is 13.3 Å². The number of esters is 2. The van der Waals surface area contributed by atoms with Gasteiger partial charge in [0.1, 0.15) is 47.4 Å². The lowest BCUT2D eigenvalue weighted by Crippen LogP contribution is -2.48. The van der Waals surface area contributed by atoms with Crippen molar-refractivity contribution < 1.29 is 46.9 Å². The second-order valence-corrected chi connectivity index (χ2v) is 31.5. The van der Waals surface area contributed by atoms with Crippen LogP contribution in [0.15, 0.2) is 30.9 Å². The van der Waals surface area contributed by atoms with E-state index in [0.29, 0.717) is 105 Å². The van der Waals surface area contributed by atoms with Crippen LogP contribution in [0, 0.1) is 5.41 Å². The lowest BCUT2D eigenvalue weighted by Gasteiger charge is -2.40. The Balaban J connectivity index is 1.36. The van der Waals surface area contributed by atoms with Crippen LogP contribution in [0.1, 0.15) is 112 Å². The second-order valence-electron chi connectivity index (χ2n) is 22.0. The van der Waals surface area contributed by atoms with Gasteiger partial charge in [-0.05, 0) is 82.4 Å². The van der Waals surface area contributed by atoms with Crippen molar-refractivity contribution in [2.75, 3.05) is 33.3 Å². The fraction of sp³-hybridized carbons (Fsp3) is 0.580. The Kier molecular flexibility index (Phi) is 13.6. The third-order valence-electron chi connectivity index (χ3n) is 14.3. The van der Waals surface area contributed by atoms with Gasteiger partial charge in [0.25, 0.3) is 0 Å². The van der Waals surface area contributed by atoms with Crippen LogP contribution in [-0.4, -0.2) is 88.2 Å². The van der Waals surface area contributed by atoms with Gasteiger partial charge in [0, 0.05) is 29.9 Å². The number of imidazole rings is 1. The highest BCUT2D eigenvalue weighted by Gasteiger charge is 2.47. The van der Waals surface area contributed by atoms with E-state index in [2.05, 4.69) is 73.0 Å². The normalized spacial score (nSPS) is 19.4. The van der Waals surface area contributed by atoms with Gasteiger partial charge in [0.2, 0.25) is 0 Å². The molecule has 1 N–H and O–H groups in total. The van der Waals surface area contributed by atoms with E-state index in [9.17, 15) is 9.59 Å². The van der Waals surface area contributed by atoms with Crippen molar-refractivity contribution in [1.29, 1.82) is 0 Å². The van der Waals surface area contributed by atoms with Crippen LogP contribution >= 0.6 is 0 Å². The highest BCUT2D eigenvalue weighted by atomic mass is 28.4. The summed E-state index contributed by atoms with van der Waals surface area (Å²) in [5.41, 5.74) is 1.58. The molecule has 5 aromatic rings. The summed E-state index contributed by atoms with van der Waals surface area (Å²) in [5, 5.41) is 5.81. The number of carbonyl (C=O) groups excluding carboxylic acids is 2. The maximum Gasteiger partial charge on any atom is 0.316 e. The number of nitrogens with zero attached hydrogens (tertiary/aromatic N) is 4.